The van der Waals surface area contributed by atoms with Gasteiger partial charge in [0.15, 0.2) is 0 Å². The van der Waals surface area contributed by atoms with Crippen molar-refractivity contribution in [3.63, 3.8) is 0 Å². The molecule has 0 radical (unpaired) electrons. The molecule has 0 fully saturated rings. The largest absolute Gasteiger partial charge is 0.497 e. The zero-order chi connectivity index (χ0) is 18.9. The van der Waals surface area contributed by atoms with Gasteiger partial charge in [-0.05, 0) is 37.1 Å². The lowest BCUT2D eigenvalue weighted by molar-refractivity contribution is -0.144. The predicted molar refractivity (Wildman–Crippen MR) is 93.7 cm³/mol. The van der Waals surface area contributed by atoms with Crippen LogP contribution in [0.5, 0.6) is 5.75 Å². The maximum atomic E-state index is 12.1. The molecule has 8 nitrogen and oxygen atoms in total. The highest BCUT2D eigenvalue weighted by Crippen LogP contribution is 2.20. The SMILES string of the molecule is CCCN(CC(=O)O)C(=O)CCCc1nc(-c2ccc(OC)cc2)no1. The highest BCUT2D eigenvalue weighted by atomic mass is 16.5. The first kappa shape index (κ1) is 19.4. The summed E-state index contributed by atoms with van der Waals surface area (Å²) < 4.78 is 10.3. The van der Waals surface area contributed by atoms with Gasteiger partial charge in [-0.1, -0.05) is 12.1 Å². The normalized spacial score (nSPS) is 10.5. The minimum absolute atomic E-state index is 0.177. The van der Waals surface area contributed by atoms with Crippen molar-refractivity contribution < 1.29 is 24.0 Å². The fraction of sp³-hybridized carbons (Fsp3) is 0.444. The molecule has 0 unspecified atom stereocenters. The molecule has 26 heavy (non-hydrogen) atoms. The fourth-order valence-electron chi connectivity index (χ4n) is 2.49. The number of hydrogen-bond acceptors (Lipinski definition) is 6. The van der Waals surface area contributed by atoms with Crippen LogP contribution in [0.3, 0.4) is 0 Å². The molecule has 8 heteroatoms. The number of aliphatic carboxylic acids is 1. The number of methoxy groups -OCH3 is 1. The Kier molecular flexibility index (Phi) is 7.13. The lowest BCUT2D eigenvalue weighted by atomic mass is 10.2. The molecule has 2 rings (SSSR count). The summed E-state index contributed by atoms with van der Waals surface area (Å²) in [5.74, 6) is 0.488. The Morgan fingerprint density at radius 1 is 1.27 bits per heavy atom. The maximum Gasteiger partial charge on any atom is 0.323 e. The molecule has 0 aliphatic rings. The lowest BCUT2D eigenvalue weighted by Gasteiger charge is -2.19. The van der Waals surface area contributed by atoms with Crippen molar-refractivity contribution in [2.24, 2.45) is 0 Å². The van der Waals surface area contributed by atoms with Crippen molar-refractivity contribution in [1.82, 2.24) is 15.0 Å². The van der Waals surface area contributed by atoms with Gasteiger partial charge in [0.25, 0.3) is 0 Å². The second kappa shape index (κ2) is 9.55. The summed E-state index contributed by atoms with van der Waals surface area (Å²) in [6.07, 6.45) is 1.94. The van der Waals surface area contributed by atoms with E-state index in [1.54, 1.807) is 7.11 Å². The van der Waals surface area contributed by atoms with E-state index in [9.17, 15) is 9.59 Å². The average Bonchev–Trinajstić information content (AvgIpc) is 3.10. The highest BCUT2D eigenvalue weighted by Gasteiger charge is 2.16. The monoisotopic (exact) mass is 361 g/mol. The maximum absolute atomic E-state index is 12.1. The number of carboxylic acid groups (broad SMARTS) is 1. The van der Waals surface area contributed by atoms with Crippen molar-refractivity contribution in [2.45, 2.75) is 32.6 Å². The zero-order valence-electron chi connectivity index (χ0n) is 15.0. The van der Waals surface area contributed by atoms with Crippen LogP contribution in [0, 0.1) is 0 Å². The summed E-state index contributed by atoms with van der Waals surface area (Å²) in [6.45, 7) is 2.07. The van der Waals surface area contributed by atoms with Gasteiger partial charge in [0.1, 0.15) is 12.3 Å². The highest BCUT2D eigenvalue weighted by molar-refractivity contribution is 5.81. The Morgan fingerprint density at radius 3 is 2.62 bits per heavy atom. The Morgan fingerprint density at radius 2 is 2.00 bits per heavy atom. The summed E-state index contributed by atoms with van der Waals surface area (Å²) in [5.41, 5.74) is 0.812. The molecular formula is C18H23N3O5. The standard InChI is InChI=1S/C18H23N3O5/c1-3-11-21(12-17(23)24)16(22)6-4-5-15-19-18(20-26-15)13-7-9-14(25-2)10-8-13/h7-10H,3-6,11-12H2,1-2H3,(H,23,24). The Hall–Kier alpha value is -2.90. The van der Waals surface area contributed by atoms with Crippen molar-refractivity contribution in [3.8, 4) is 17.1 Å². The molecule has 1 amide bonds. The smallest absolute Gasteiger partial charge is 0.323 e. The van der Waals surface area contributed by atoms with E-state index in [0.717, 1.165) is 11.3 Å². The Bertz CT molecular complexity index is 727. The van der Waals surface area contributed by atoms with E-state index in [0.29, 0.717) is 37.5 Å². The van der Waals surface area contributed by atoms with E-state index >= 15 is 0 Å². The van der Waals surface area contributed by atoms with E-state index in [-0.39, 0.29) is 18.9 Å². The van der Waals surface area contributed by atoms with E-state index in [4.69, 9.17) is 14.4 Å². The van der Waals surface area contributed by atoms with E-state index in [1.165, 1.54) is 4.90 Å². The van der Waals surface area contributed by atoms with Crippen LogP contribution in [0.2, 0.25) is 0 Å². The second-order valence-corrected chi connectivity index (χ2v) is 5.80. The molecule has 1 aromatic heterocycles. The summed E-state index contributed by atoms with van der Waals surface area (Å²) in [4.78, 5) is 28.6. The van der Waals surface area contributed by atoms with E-state index in [2.05, 4.69) is 10.1 Å². The molecule has 0 aliphatic carbocycles. The molecule has 1 heterocycles. The number of carbonyl (C=O) groups is 2. The summed E-state index contributed by atoms with van der Waals surface area (Å²) in [7, 11) is 1.60. The number of amides is 1. The van der Waals surface area contributed by atoms with Crippen LogP contribution in [0.4, 0.5) is 0 Å². The molecule has 1 aromatic carbocycles. The van der Waals surface area contributed by atoms with Gasteiger partial charge in [-0.15, -0.1) is 0 Å². The van der Waals surface area contributed by atoms with Crippen molar-refractivity contribution >= 4 is 11.9 Å². The zero-order valence-corrected chi connectivity index (χ0v) is 15.0. The van der Waals surface area contributed by atoms with Crippen LogP contribution in [0.15, 0.2) is 28.8 Å². The minimum atomic E-state index is -1.01. The molecule has 0 saturated heterocycles. The summed E-state index contributed by atoms with van der Waals surface area (Å²) in [6, 6.07) is 7.31. The van der Waals surface area contributed by atoms with Crippen LogP contribution in [0.1, 0.15) is 32.1 Å². The average molecular weight is 361 g/mol. The van der Waals surface area contributed by atoms with Gasteiger partial charge in [-0.25, -0.2) is 0 Å². The molecule has 140 valence electrons. The van der Waals surface area contributed by atoms with E-state index in [1.807, 2.05) is 31.2 Å². The van der Waals surface area contributed by atoms with Gasteiger partial charge in [0, 0.05) is 24.9 Å². The summed E-state index contributed by atoms with van der Waals surface area (Å²) >= 11 is 0. The Labute approximate surface area is 151 Å². The molecular weight excluding hydrogens is 338 g/mol. The molecule has 0 bridgehead atoms. The number of aryl methyl sites for hydroxylation is 1. The third-order valence-corrected chi connectivity index (χ3v) is 3.77. The topological polar surface area (TPSA) is 106 Å². The number of nitrogens with zero attached hydrogens (tertiary/aromatic N) is 3. The van der Waals surface area contributed by atoms with Crippen LogP contribution < -0.4 is 4.74 Å². The first-order valence-electron chi connectivity index (χ1n) is 8.50. The number of aromatic nitrogens is 2. The number of carboxylic acids is 1. The third kappa shape index (κ3) is 5.58. The van der Waals surface area contributed by atoms with Crippen LogP contribution in [-0.2, 0) is 16.0 Å². The van der Waals surface area contributed by atoms with Gasteiger partial charge in [0.05, 0.1) is 7.11 Å². The number of ether oxygens (including phenoxy) is 1. The minimum Gasteiger partial charge on any atom is -0.497 e. The van der Waals surface area contributed by atoms with Gasteiger partial charge in [0.2, 0.25) is 17.6 Å². The third-order valence-electron chi connectivity index (χ3n) is 3.77. The summed E-state index contributed by atoms with van der Waals surface area (Å²) in [5, 5.41) is 12.8. The lowest BCUT2D eigenvalue weighted by Crippen LogP contribution is -2.36. The second-order valence-electron chi connectivity index (χ2n) is 5.80. The van der Waals surface area contributed by atoms with Crippen molar-refractivity contribution in [3.05, 3.63) is 30.2 Å². The van der Waals surface area contributed by atoms with Crippen LogP contribution in [0.25, 0.3) is 11.4 Å². The van der Waals surface area contributed by atoms with Gasteiger partial charge < -0.3 is 19.3 Å². The first-order chi connectivity index (χ1) is 12.5. The number of rotatable bonds is 10. The number of hydrogen-bond donors (Lipinski definition) is 1. The molecule has 0 atom stereocenters. The van der Waals surface area contributed by atoms with Gasteiger partial charge in [-0.2, -0.15) is 4.98 Å². The first-order valence-corrected chi connectivity index (χ1v) is 8.50. The molecule has 0 aliphatic heterocycles. The number of carbonyl (C=O) groups excluding carboxylic acids is 1. The Balaban J connectivity index is 1.86. The van der Waals surface area contributed by atoms with Gasteiger partial charge >= 0.3 is 5.97 Å². The van der Waals surface area contributed by atoms with Crippen molar-refractivity contribution in [2.75, 3.05) is 20.2 Å². The van der Waals surface area contributed by atoms with Crippen LogP contribution >= 0.6 is 0 Å². The van der Waals surface area contributed by atoms with Gasteiger partial charge in [-0.3, -0.25) is 9.59 Å². The predicted octanol–water partition coefficient (Wildman–Crippen LogP) is 2.39. The quantitative estimate of drug-likeness (QED) is 0.692. The van der Waals surface area contributed by atoms with E-state index < -0.39 is 5.97 Å². The van der Waals surface area contributed by atoms with Crippen molar-refractivity contribution in [1.29, 1.82) is 0 Å². The number of benzene rings is 1. The molecule has 2 aromatic rings. The molecule has 1 N–H and O–H groups in total. The van der Waals surface area contributed by atoms with Crippen LogP contribution in [-0.4, -0.2) is 52.2 Å². The molecule has 0 spiro atoms. The molecule has 0 saturated carbocycles. The fourth-order valence-corrected chi connectivity index (χ4v) is 2.49.